The molecule has 0 N–H and O–H groups in total. The largest absolute Gasteiger partial charge is 0.340 e. The highest BCUT2D eigenvalue weighted by atomic mass is 16.2. The van der Waals surface area contributed by atoms with Crippen molar-refractivity contribution in [1.82, 2.24) is 34.4 Å². The maximum Gasteiger partial charge on any atom is 0.258 e. The molecule has 6 heterocycles. The van der Waals surface area contributed by atoms with Crippen LogP contribution >= 0.6 is 0 Å². The number of fused-ring (bicyclic) bond motifs is 2. The predicted molar refractivity (Wildman–Crippen MR) is 123 cm³/mol. The Morgan fingerprint density at radius 2 is 1.64 bits per heavy atom. The van der Waals surface area contributed by atoms with E-state index in [1.165, 1.54) is 0 Å². The van der Waals surface area contributed by atoms with Crippen molar-refractivity contribution in [3.8, 4) is 11.5 Å². The van der Waals surface area contributed by atoms with Gasteiger partial charge in [0.2, 0.25) is 5.95 Å². The second-order valence-electron chi connectivity index (χ2n) is 8.91. The van der Waals surface area contributed by atoms with Gasteiger partial charge in [-0.2, -0.15) is 5.10 Å². The quantitative estimate of drug-likeness (QED) is 0.483. The van der Waals surface area contributed by atoms with E-state index in [1.807, 2.05) is 49.2 Å². The number of aromatic nitrogens is 6. The van der Waals surface area contributed by atoms with Gasteiger partial charge in [0.25, 0.3) is 5.91 Å². The molecule has 2 atom stereocenters. The number of hydrogen-bond acceptors (Lipinski definition) is 7. The van der Waals surface area contributed by atoms with E-state index in [2.05, 4.69) is 29.9 Å². The molecule has 33 heavy (non-hydrogen) atoms. The zero-order valence-corrected chi connectivity index (χ0v) is 18.6. The van der Waals surface area contributed by atoms with Gasteiger partial charge < -0.3 is 9.80 Å². The monoisotopic (exact) mass is 440 g/mol. The van der Waals surface area contributed by atoms with Crippen molar-refractivity contribution >= 4 is 17.4 Å². The minimum atomic E-state index is -0.0118. The molecule has 2 aliphatic heterocycles. The molecule has 2 aliphatic rings. The third kappa shape index (κ3) is 3.40. The number of nitrogens with zero attached hydrogens (tertiary/aromatic N) is 8. The summed E-state index contributed by atoms with van der Waals surface area (Å²) in [6.07, 6.45) is 5.19. The second-order valence-corrected chi connectivity index (χ2v) is 8.91. The van der Waals surface area contributed by atoms with Crippen LogP contribution in [0.25, 0.3) is 17.0 Å². The average molecular weight is 441 g/mol. The summed E-state index contributed by atoms with van der Waals surface area (Å²) >= 11 is 0. The Kier molecular flexibility index (Phi) is 4.56. The van der Waals surface area contributed by atoms with Crippen molar-refractivity contribution in [2.24, 2.45) is 11.8 Å². The minimum Gasteiger partial charge on any atom is -0.340 e. The molecule has 0 bridgehead atoms. The number of aryl methyl sites for hydroxylation is 2. The summed E-state index contributed by atoms with van der Waals surface area (Å²) in [6.45, 7) is 7.15. The van der Waals surface area contributed by atoms with Gasteiger partial charge in [-0.05, 0) is 38.1 Å². The molecule has 0 aromatic carbocycles. The molecular formula is C24H24N8O. The number of rotatable bonds is 3. The lowest BCUT2D eigenvalue weighted by atomic mass is 10.0. The third-order valence-corrected chi connectivity index (χ3v) is 6.56. The zero-order valence-electron chi connectivity index (χ0n) is 18.6. The van der Waals surface area contributed by atoms with Crippen LogP contribution in [-0.2, 0) is 0 Å². The summed E-state index contributed by atoms with van der Waals surface area (Å²) in [6, 6.07) is 9.49. The van der Waals surface area contributed by atoms with Crippen LogP contribution in [0.3, 0.4) is 0 Å². The van der Waals surface area contributed by atoms with Crippen molar-refractivity contribution in [3.05, 3.63) is 65.9 Å². The fourth-order valence-corrected chi connectivity index (χ4v) is 5.12. The summed E-state index contributed by atoms with van der Waals surface area (Å²) in [5.74, 6) is 2.04. The van der Waals surface area contributed by atoms with Crippen LogP contribution in [0.15, 0.2) is 48.9 Å². The van der Waals surface area contributed by atoms with Crippen LogP contribution < -0.4 is 4.90 Å². The number of hydrogen-bond donors (Lipinski definition) is 0. The standard InChI is InChI=1S/C24H24N8O/c1-15-10-16(2)28-24(27-15)31-13-17-11-30(12-18(17)14-31)23(33)20-19-6-3-4-9-32(19)29-21(20)22-25-7-5-8-26-22/h3-10,17-18H,11-14H2,1-2H3/t17-,18+. The molecule has 0 aliphatic carbocycles. The van der Waals surface area contributed by atoms with Crippen LogP contribution in [0.4, 0.5) is 5.95 Å². The summed E-state index contributed by atoms with van der Waals surface area (Å²) in [7, 11) is 0. The predicted octanol–water partition coefficient (Wildman–Crippen LogP) is 2.41. The normalized spacial score (nSPS) is 19.9. The van der Waals surface area contributed by atoms with E-state index in [1.54, 1.807) is 23.0 Å². The van der Waals surface area contributed by atoms with Gasteiger partial charge in [0.1, 0.15) is 5.69 Å². The van der Waals surface area contributed by atoms with Crippen LogP contribution in [0.1, 0.15) is 21.7 Å². The van der Waals surface area contributed by atoms with Gasteiger partial charge >= 0.3 is 0 Å². The summed E-state index contributed by atoms with van der Waals surface area (Å²) in [4.78, 5) is 35.9. The van der Waals surface area contributed by atoms with Gasteiger partial charge in [-0.3, -0.25) is 4.79 Å². The highest BCUT2D eigenvalue weighted by molar-refractivity contribution is 6.06. The molecule has 6 rings (SSSR count). The van der Waals surface area contributed by atoms with E-state index in [9.17, 15) is 4.79 Å². The lowest BCUT2D eigenvalue weighted by molar-refractivity contribution is 0.0785. The van der Waals surface area contributed by atoms with Gasteiger partial charge in [-0.15, -0.1) is 0 Å². The van der Waals surface area contributed by atoms with Crippen LogP contribution in [0.5, 0.6) is 0 Å². The van der Waals surface area contributed by atoms with Crippen molar-refractivity contribution in [2.75, 3.05) is 31.1 Å². The fraction of sp³-hybridized carbons (Fsp3) is 0.333. The van der Waals surface area contributed by atoms with E-state index in [-0.39, 0.29) is 5.91 Å². The van der Waals surface area contributed by atoms with Crippen molar-refractivity contribution in [2.45, 2.75) is 13.8 Å². The van der Waals surface area contributed by atoms with E-state index >= 15 is 0 Å². The average Bonchev–Trinajstić information content (AvgIpc) is 3.50. The summed E-state index contributed by atoms with van der Waals surface area (Å²) in [5, 5.41) is 4.64. The Hall–Kier alpha value is -3.88. The Bertz CT molecular complexity index is 1320. The maximum atomic E-state index is 13.8. The Balaban J connectivity index is 1.27. The lowest BCUT2D eigenvalue weighted by Crippen LogP contribution is -2.34. The highest BCUT2D eigenvalue weighted by Crippen LogP contribution is 2.35. The molecule has 9 nitrogen and oxygen atoms in total. The van der Waals surface area contributed by atoms with Gasteiger partial charge in [-0.1, -0.05) is 6.07 Å². The molecule has 9 heteroatoms. The van der Waals surface area contributed by atoms with Crippen molar-refractivity contribution < 1.29 is 4.79 Å². The number of amides is 1. The molecule has 0 saturated carbocycles. The Morgan fingerprint density at radius 1 is 0.939 bits per heavy atom. The number of likely N-dealkylation sites (tertiary alicyclic amines) is 1. The first-order chi connectivity index (χ1) is 16.1. The first kappa shape index (κ1) is 19.8. The fourth-order valence-electron chi connectivity index (χ4n) is 5.12. The molecule has 166 valence electrons. The number of carbonyl (C=O) groups excluding carboxylic acids is 1. The summed E-state index contributed by atoms with van der Waals surface area (Å²) < 4.78 is 1.73. The zero-order chi connectivity index (χ0) is 22.5. The number of carbonyl (C=O) groups is 1. The first-order valence-electron chi connectivity index (χ1n) is 11.2. The van der Waals surface area contributed by atoms with Gasteiger partial charge in [-0.25, -0.2) is 24.5 Å². The smallest absolute Gasteiger partial charge is 0.258 e. The van der Waals surface area contributed by atoms with Crippen molar-refractivity contribution in [3.63, 3.8) is 0 Å². The van der Waals surface area contributed by atoms with Gasteiger partial charge in [0, 0.05) is 68.0 Å². The number of anilines is 1. The molecule has 1 amide bonds. The van der Waals surface area contributed by atoms with E-state index in [0.717, 1.165) is 35.9 Å². The molecule has 2 saturated heterocycles. The molecular weight excluding hydrogens is 416 g/mol. The van der Waals surface area contributed by atoms with Crippen LogP contribution in [-0.4, -0.2) is 66.5 Å². The molecule has 2 fully saturated rings. The van der Waals surface area contributed by atoms with E-state index < -0.39 is 0 Å². The van der Waals surface area contributed by atoms with E-state index in [4.69, 9.17) is 0 Å². The molecule has 0 radical (unpaired) electrons. The number of pyridine rings is 1. The topological polar surface area (TPSA) is 92.4 Å². The van der Waals surface area contributed by atoms with Gasteiger partial charge in [0.15, 0.2) is 5.82 Å². The SMILES string of the molecule is Cc1cc(C)nc(N2C[C@H]3CN(C(=O)c4c(-c5ncccn5)nn5ccccc45)C[C@H]3C2)n1. The van der Waals surface area contributed by atoms with Crippen LogP contribution in [0, 0.1) is 25.7 Å². The minimum absolute atomic E-state index is 0.0118. The molecule has 4 aromatic heterocycles. The van der Waals surface area contributed by atoms with E-state index in [0.29, 0.717) is 42.0 Å². The first-order valence-corrected chi connectivity index (χ1v) is 11.2. The Morgan fingerprint density at radius 3 is 2.33 bits per heavy atom. The highest BCUT2D eigenvalue weighted by Gasteiger charge is 2.43. The third-order valence-electron chi connectivity index (χ3n) is 6.56. The Labute approximate surface area is 191 Å². The maximum absolute atomic E-state index is 13.8. The lowest BCUT2D eigenvalue weighted by Gasteiger charge is -2.22. The molecule has 0 unspecified atom stereocenters. The summed E-state index contributed by atoms with van der Waals surface area (Å²) in [5.41, 5.74) is 3.82. The van der Waals surface area contributed by atoms with Gasteiger partial charge in [0.05, 0.1) is 11.1 Å². The van der Waals surface area contributed by atoms with Crippen molar-refractivity contribution in [1.29, 1.82) is 0 Å². The molecule has 4 aromatic rings. The van der Waals surface area contributed by atoms with Crippen LogP contribution in [0.2, 0.25) is 0 Å². The molecule has 0 spiro atoms. The second kappa shape index (κ2) is 7.61.